The summed E-state index contributed by atoms with van der Waals surface area (Å²) in [7, 11) is 3.38. The van der Waals surface area contributed by atoms with Crippen molar-refractivity contribution in [2.45, 2.75) is 19.8 Å². The number of methoxy groups -OCH3 is 1. The number of benzene rings is 1. The number of likely N-dealkylation sites (tertiary alicyclic amines) is 1. The summed E-state index contributed by atoms with van der Waals surface area (Å²) in [6.07, 6.45) is 1.95. The molecule has 1 saturated heterocycles. The highest BCUT2D eigenvalue weighted by Gasteiger charge is 2.24. The van der Waals surface area contributed by atoms with Crippen LogP contribution in [-0.2, 0) is 9.53 Å². The second kappa shape index (κ2) is 6.72. The predicted molar refractivity (Wildman–Crippen MR) is 81.4 cm³/mol. The van der Waals surface area contributed by atoms with Crippen LogP contribution in [0.25, 0.3) is 0 Å². The molecule has 1 amide bonds. The van der Waals surface area contributed by atoms with E-state index < -0.39 is 0 Å². The van der Waals surface area contributed by atoms with Gasteiger partial charge in [0.1, 0.15) is 0 Å². The molecule has 1 N–H and O–H groups in total. The normalized spacial score (nSPS) is 19.1. The zero-order chi connectivity index (χ0) is 15.4. The van der Waals surface area contributed by atoms with Crippen molar-refractivity contribution in [2.24, 2.45) is 5.92 Å². The molecule has 0 bridgehead atoms. The van der Waals surface area contributed by atoms with E-state index in [0.717, 1.165) is 31.5 Å². The van der Waals surface area contributed by atoms with Gasteiger partial charge in [0.15, 0.2) is 0 Å². The van der Waals surface area contributed by atoms with Crippen LogP contribution in [0.1, 0.15) is 28.8 Å². The molecule has 114 valence electrons. The molecule has 0 spiro atoms. The van der Waals surface area contributed by atoms with E-state index in [-0.39, 0.29) is 17.8 Å². The number of amides is 1. The summed E-state index contributed by atoms with van der Waals surface area (Å²) in [5.41, 5.74) is 1.90. The molecule has 2 rings (SSSR count). The highest BCUT2D eigenvalue weighted by molar-refractivity contribution is 5.97. The zero-order valence-electron chi connectivity index (χ0n) is 12.8. The number of rotatable bonds is 3. The molecule has 5 heteroatoms. The van der Waals surface area contributed by atoms with Crippen molar-refractivity contribution in [1.82, 2.24) is 4.90 Å². The van der Waals surface area contributed by atoms with Crippen LogP contribution in [0.15, 0.2) is 18.2 Å². The molecule has 1 fully saturated rings. The first-order valence-corrected chi connectivity index (χ1v) is 7.20. The van der Waals surface area contributed by atoms with Crippen LogP contribution in [0.3, 0.4) is 0 Å². The minimum Gasteiger partial charge on any atom is -0.465 e. The third-order valence-electron chi connectivity index (χ3n) is 3.99. The molecule has 1 aliphatic heterocycles. The average Bonchev–Trinajstić information content (AvgIpc) is 2.48. The molecule has 1 aliphatic rings. The number of nitrogens with zero attached hydrogens (tertiary/aromatic N) is 1. The first-order chi connectivity index (χ1) is 10.0. The van der Waals surface area contributed by atoms with Crippen molar-refractivity contribution in [1.29, 1.82) is 0 Å². The van der Waals surface area contributed by atoms with Gasteiger partial charge >= 0.3 is 5.97 Å². The van der Waals surface area contributed by atoms with Crippen molar-refractivity contribution >= 4 is 17.6 Å². The molecule has 5 nitrogen and oxygen atoms in total. The van der Waals surface area contributed by atoms with Crippen LogP contribution in [0.5, 0.6) is 0 Å². The van der Waals surface area contributed by atoms with Crippen LogP contribution in [-0.4, -0.2) is 44.0 Å². The van der Waals surface area contributed by atoms with Gasteiger partial charge in [-0.3, -0.25) is 4.79 Å². The Bertz CT molecular complexity index is 542. The van der Waals surface area contributed by atoms with E-state index in [1.165, 1.54) is 7.11 Å². The summed E-state index contributed by atoms with van der Waals surface area (Å²) in [4.78, 5) is 26.2. The summed E-state index contributed by atoms with van der Waals surface area (Å²) < 4.78 is 4.75. The molecular weight excluding hydrogens is 268 g/mol. The molecule has 1 heterocycles. The Morgan fingerprint density at radius 2 is 2.14 bits per heavy atom. The Balaban J connectivity index is 2.12. The first-order valence-electron chi connectivity index (χ1n) is 7.20. The fraction of sp³-hybridized carbons (Fsp3) is 0.500. The second-order valence-electron chi connectivity index (χ2n) is 5.56. The van der Waals surface area contributed by atoms with Gasteiger partial charge in [-0.15, -0.1) is 0 Å². The summed E-state index contributed by atoms with van der Waals surface area (Å²) in [6, 6.07) is 5.26. The SMILES string of the molecule is COC(=O)c1cccc(NC(=O)[C@H]2CCCN(C)C2)c1C. The van der Waals surface area contributed by atoms with Crippen LogP contribution in [0, 0.1) is 12.8 Å². The average molecular weight is 290 g/mol. The van der Waals surface area contributed by atoms with E-state index in [4.69, 9.17) is 4.74 Å². The lowest BCUT2D eigenvalue weighted by molar-refractivity contribution is -0.121. The molecule has 0 aliphatic carbocycles. The number of nitrogens with one attached hydrogen (secondary N) is 1. The van der Waals surface area contributed by atoms with Gasteiger partial charge in [0, 0.05) is 12.2 Å². The van der Waals surface area contributed by atoms with Gasteiger partial charge in [-0.25, -0.2) is 4.79 Å². The molecule has 1 atom stereocenters. The molecule has 0 unspecified atom stereocenters. The fourth-order valence-corrected chi connectivity index (χ4v) is 2.72. The second-order valence-corrected chi connectivity index (χ2v) is 5.56. The number of ether oxygens (including phenoxy) is 1. The minimum atomic E-state index is -0.388. The molecule has 0 saturated carbocycles. The zero-order valence-corrected chi connectivity index (χ0v) is 12.8. The number of hydrogen-bond donors (Lipinski definition) is 1. The Kier molecular flexibility index (Phi) is 4.96. The number of esters is 1. The fourth-order valence-electron chi connectivity index (χ4n) is 2.72. The highest BCUT2D eigenvalue weighted by atomic mass is 16.5. The molecule has 0 aromatic heterocycles. The largest absolute Gasteiger partial charge is 0.465 e. The summed E-state index contributed by atoms with van der Waals surface area (Å²) in [6.45, 7) is 3.64. The van der Waals surface area contributed by atoms with E-state index >= 15 is 0 Å². The third kappa shape index (κ3) is 3.61. The third-order valence-corrected chi connectivity index (χ3v) is 3.99. The Labute approximate surface area is 125 Å². The van der Waals surface area contributed by atoms with Crippen LogP contribution < -0.4 is 5.32 Å². The maximum atomic E-state index is 12.4. The van der Waals surface area contributed by atoms with Gasteiger partial charge in [-0.1, -0.05) is 6.07 Å². The maximum Gasteiger partial charge on any atom is 0.338 e. The lowest BCUT2D eigenvalue weighted by Gasteiger charge is -2.29. The number of carbonyl (C=O) groups is 2. The van der Waals surface area contributed by atoms with E-state index in [0.29, 0.717) is 11.3 Å². The van der Waals surface area contributed by atoms with Crippen LogP contribution in [0.4, 0.5) is 5.69 Å². The smallest absolute Gasteiger partial charge is 0.338 e. The van der Waals surface area contributed by atoms with E-state index in [9.17, 15) is 9.59 Å². The molecule has 0 radical (unpaired) electrons. The van der Waals surface area contributed by atoms with E-state index in [1.54, 1.807) is 12.1 Å². The quantitative estimate of drug-likeness (QED) is 0.866. The Hall–Kier alpha value is -1.88. The lowest BCUT2D eigenvalue weighted by Crippen LogP contribution is -2.38. The van der Waals surface area contributed by atoms with Crippen molar-refractivity contribution in [2.75, 3.05) is 32.6 Å². The number of piperidine rings is 1. The van der Waals surface area contributed by atoms with Crippen molar-refractivity contribution in [3.05, 3.63) is 29.3 Å². The lowest BCUT2D eigenvalue weighted by atomic mass is 9.97. The standard InChI is InChI=1S/C16H22N2O3/c1-11-13(16(20)21-3)7-4-8-14(11)17-15(19)12-6-5-9-18(2)10-12/h4,7-8,12H,5-6,9-10H2,1-3H3,(H,17,19)/t12-/m0/s1. The number of anilines is 1. The minimum absolute atomic E-state index is 0.00457. The van der Waals surface area contributed by atoms with Crippen LogP contribution in [0.2, 0.25) is 0 Å². The maximum absolute atomic E-state index is 12.4. The molecule has 1 aromatic rings. The van der Waals surface area contributed by atoms with Gasteiger partial charge < -0.3 is 15.0 Å². The van der Waals surface area contributed by atoms with Gasteiger partial charge in [0.25, 0.3) is 0 Å². The Morgan fingerprint density at radius 1 is 1.38 bits per heavy atom. The monoisotopic (exact) mass is 290 g/mol. The molecule has 1 aromatic carbocycles. The van der Waals surface area contributed by atoms with Gasteiger partial charge in [0.2, 0.25) is 5.91 Å². The highest BCUT2D eigenvalue weighted by Crippen LogP contribution is 2.22. The van der Waals surface area contributed by atoms with Crippen LogP contribution >= 0.6 is 0 Å². The molecular formula is C16H22N2O3. The summed E-state index contributed by atoms with van der Waals surface area (Å²) >= 11 is 0. The van der Waals surface area contributed by atoms with Crippen molar-refractivity contribution in [3.63, 3.8) is 0 Å². The van der Waals surface area contributed by atoms with Gasteiger partial charge in [-0.05, 0) is 51.1 Å². The number of carbonyl (C=O) groups excluding carboxylic acids is 2. The van der Waals surface area contributed by atoms with E-state index in [2.05, 4.69) is 10.2 Å². The van der Waals surface area contributed by atoms with E-state index in [1.807, 2.05) is 20.0 Å². The predicted octanol–water partition coefficient (Wildman–Crippen LogP) is 2.06. The van der Waals surface area contributed by atoms with Gasteiger partial charge in [0.05, 0.1) is 18.6 Å². The topological polar surface area (TPSA) is 58.6 Å². The summed E-state index contributed by atoms with van der Waals surface area (Å²) in [5.74, 6) is -0.363. The number of hydrogen-bond acceptors (Lipinski definition) is 4. The van der Waals surface area contributed by atoms with Crippen molar-refractivity contribution < 1.29 is 14.3 Å². The first kappa shape index (κ1) is 15.5. The van der Waals surface area contributed by atoms with Crippen molar-refractivity contribution in [3.8, 4) is 0 Å². The molecule has 21 heavy (non-hydrogen) atoms. The Morgan fingerprint density at radius 3 is 2.81 bits per heavy atom. The van der Waals surface area contributed by atoms with Gasteiger partial charge in [-0.2, -0.15) is 0 Å². The summed E-state index contributed by atoms with van der Waals surface area (Å²) in [5, 5.41) is 2.95.